The zero-order valence-corrected chi connectivity index (χ0v) is 15.9. The van der Waals surface area contributed by atoms with Gasteiger partial charge in [-0.3, -0.25) is 9.59 Å². The van der Waals surface area contributed by atoms with Crippen molar-refractivity contribution in [3.8, 4) is 0 Å². The van der Waals surface area contributed by atoms with E-state index in [1.807, 2.05) is 0 Å². The summed E-state index contributed by atoms with van der Waals surface area (Å²) in [5, 5.41) is 5.57. The van der Waals surface area contributed by atoms with Gasteiger partial charge in [-0.05, 0) is 96.2 Å². The minimum Gasteiger partial charge on any atom is -0.444 e. The van der Waals surface area contributed by atoms with Gasteiger partial charge in [0.25, 0.3) is 5.91 Å². The third-order valence-electron chi connectivity index (χ3n) is 6.35. The molecule has 2 N–H and O–H groups in total. The Balaban J connectivity index is 1.20. The Labute approximate surface area is 156 Å². The molecule has 4 bridgehead atoms. The van der Waals surface area contributed by atoms with Crippen LogP contribution in [-0.4, -0.2) is 24.9 Å². The average molecular weight is 409 g/mol. The van der Waals surface area contributed by atoms with Crippen LogP contribution in [0.3, 0.4) is 0 Å². The molecule has 5 nitrogen and oxygen atoms in total. The minimum absolute atomic E-state index is 0.0158. The van der Waals surface area contributed by atoms with E-state index in [4.69, 9.17) is 4.42 Å². The Kier molecular flexibility index (Phi) is 4.65. The topological polar surface area (TPSA) is 71.3 Å². The van der Waals surface area contributed by atoms with E-state index in [1.165, 1.54) is 38.5 Å². The number of rotatable bonds is 6. The van der Waals surface area contributed by atoms with Crippen LogP contribution in [0.5, 0.6) is 0 Å². The van der Waals surface area contributed by atoms with Gasteiger partial charge in [0, 0.05) is 6.54 Å². The zero-order valence-electron chi connectivity index (χ0n) is 14.4. The number of amides is 2. The molecule has 4 saturated carbocycles. The van der Waals surface area contributed by atoms with Gasteiger partial charge in [-0.2, -0.15) is 0 Å². The van der Waals surface area contributed by atoms with Crippen molar-refractivity contribution in [2.24, 2.45) is 23.2 Å². The van der Waals surface area contributed by atoms with Gasteiger partial charge in [0.15, 0.2) is 10.4 Å². The van der Waals surface area contributed by atoms with Gasteiger partial charge in [0.2, 0.25) is 5.91 Å². The van der Waals surface area contributed by atoms with E-state index in [-0.39, 0.29) is 24.1 Å². The van der Waals surface area contributed by atoms with Crippen LogP contribution in [0.1, 0.15) is 55.5 Å². The first kappa shape index (κ1) is 17.1. The molecule has 4 fully saturated rings. The van der Waals surface area contributed by atoms with Crippen molar-refractivity contribution in [2.45, 2.75) is 44.9 Å². The first-order valence-corrected chi connectivity index (χ1v) is 10.1. The highest BCUT2D eigenvalue weighted by Crippen LogP contribution is 2.61. The maximum Gasteiger partial charge on any atom is 0.287 e. The van der Waals surface area contributed by atoms with Gasteiger partial charge in [-0.25, -0.2) is 0 Å². The van der Waals surface area contributed by atoms with E-state index in [0.29, 0.717) is 16.6 Å². The first-order valence-electron chi connectivity index (χ1n) is 9.32. The molecule has 4 aliphatic carbocycles. The summed E-state index contributed by atoms with van der Waals surface area (Å²) in [6, 6.07) is 3.23. The fraction of sp³-hybridized carbons (Fsp3) is 0.684. The van der Waals surface area contributed by atoms with Crippen molar-refractivity contribution in [2.75, 3.05) is 13.1 Å². The van der Waals surface area contributed by atoms with Crippen LogP contribution in [0.2, 0.25) is 0 Å². The summed E-state index contributed by atoms with van der Waals surface area (Å²) < 4.78 is 5.67. The standard InChI is InChI=1S/C19H25BrN2O3/c20-16-2-1-15(25-16)18(24)22-11-17(23)21-4-3-19-8-12-5-13(9-19)7-14(6-12)10-19/h1-2,12-14H,3-11H2,(H,21,23)(H,22,24). The van der Waals surface area contributed by atoms with Gasteiger partial charge >= 0.3 is 0 Å². The van der Waals surface area contributed by atoms with Crippen LogP contribution < -0.4 is 10.6 Å². The van der Waals surface area contributed by atoms with E-state index in [9.17, 15) is 9.59 Å². The maximum atomic E-state index is 12.0. The van der Waals surface area contributed by atoms with Gasteiger partial charge in [0.1, 0.15) is 0 Å². The van der Waals surface area contributed by atoms with Gasteiger partial charge in [0.05, 0.1) is 6.54 Å². The first-order chi connectivity index (χ1) is 12.0. The smallest absolute Gasteiger partial charge is 0.287 e. The molecule has 1 aromatic heterocycles. The Hall–Kier alpha value is -1.30. The molecule has 0 aliphatic heterocycles. The number of furan rings is 1. The van der Waals surface area contributed by atoms with Crippen LogP contribution in [-0.2, 0) is 4.79 Å². The molecule has 5 rings (SSSR count). The largest absolute Gasteiger partial charge is 0.444 e. The number of carbonyl (C=O) groups excluding carboxylic acids is 2. The lowest BCUT2D eigenvalue weighted by atomic mass is 9.49. The lowest BCUT2D eigenvalue weighted by molar-refractivity contribution is -0.120. The van der Waals surface area contributed by atoms with Gasteiger partial charge in [-0.15, -0.1) is 0 Å². The molecule has 4 aliphatic rings. The van der Waals surface area contributed by atoms with Crippen molar-refractivity contribution in [3.05, 3.63) is 22.6 Å². The lowest BCUT2D eigenvalue weighted by Crippen LogP contribution is -2.47. The van der Waals surface area contributed by atoms with Crippen molar-refractivity contribution < 1.29 is 14.0 Å². The molecule has 2 amide bonds. The quantitative estimate of drug-likeness (QED) is 0.756. The second-order valence-corrected chi connectivity index (χ2v) is 9.09. The fourth-order valence-corrected chi connectivity index (χ4v) is 6.12. The molecule has 0 atom stereocenters. The normalized spacial score (nSPS) is 32.6. The van der Waals surface area contributed by atoms with Crippen LogP contribution in [0, 0.1) is 23.2 Å². The van der Waals surface area contributed by atoms with Crippen LogP contribution in [0.25, 0.3) is 0 Å². The molecule has 136 valence electrons. The Morgan fingerprint density at radius 2 is 1.72 bits per heavy atom. The summed E-state index contributed by atoms with van der Waals surface area (Å²) in [7, 11) is 0. The van der Waals surface area contributed by atoms with Crippen LogP contribution >= 0.6 is 15.9 Å². The molecule has 1 heterocycles. The molecule has 6 heteroatoms. The molecule has 1 aromatic rings. The second kappa shape index (κ2) is 6.78. The molecular formula is C19H25BrN2O3. The fourth-order valence-electron chi connectivity index (χ4n) is 5.81. The highest BCUT2D eigenvalue weighted by Gasteiger charge is 2.50. The van der Waals surface area contributed by atoms with Crippen molar-refractivity contribution in [1.29, 1.82) is 0 Å². The Morgan fingerprint density at radius 3 is 2.28 bits per heavy atom. The molecule has 0 unspecified atom stereocenters. The van der Waals surface area contributed by atoms with Gasteiger partial charge < -0.3 is 15.1 Å². The lowest BCUT2D eigenvalue weighted by Gasteiger charge is -2.57. The van der Waals surface area contributed by atoms with Crippen molar-refractivity contribution in [1.82, 2.24) is 10.6 Å². The number of carbonyl (C=O) groups is 2. The molecule has 0 aromatic carbocycles. The van der Waals surface area contributed by atoms with Crippen LogP contribution in [0.4, 0.5) is 0 Å². The summed E-state index contributed by atoms with van der Waals surface area (Å²) >= 11 is 3.15. The monoisotopic (exact) mass is 408 g/mol. The number of nitrogens with one attached hydrogen (secondary N) is 2. The SMILES string of the molecule is O=C(CNC(=O)c1ccc(Br)o1)NCCC12CC3CC(CC(C3)C1)C2. The molecule has 0 radical (unpaired) electrons. The van der Waals surface area contributed by atoms with Crippen molar-refractivity contribution in [3.63, 3.8) is 0 Å². The Bertz CT molecular complexity index is 634. The average Bonchev–Trinajstić information content (AvgIpc) is 2.98. The predicted molar refractivity (Wildman–Crippen MR) is 97.0 cm³/mol. The van der Waals surface area contributed by atoms with E-state index in [2.05, 4.69) is 26.6 Å². The van der Waals surface area contributed by atoms with E-state index >= 15 is 0 Å². The number of halogens is 1. The summed E-state index contributed by atoms with van der Waals surface area (Å²) in [5.74, 6) is 2.51. The predicted octanol–water partition coefficient (Wildman–Crippen LogP) is 3.49. The number of hydrogen-bond donors (Lipinski definition) is 2. The summed E-state index contributed by atoms with van der Waals surface area (Å²) in [4.78, 5) is 23.9. The third-order valence-corrected chi connectivity index (χ3v) is 6.78. The zero-order chi connectivity index (χ0) is 17.4. The summed E-state index contributed by atoms with van der Waals surface area (Å²) in [6.07, 6.45) is 9.50. The second-order valence-electron chi connectivity index (χ2n) is 8.30. The van der Waals surface area contributed by atoms with E-state index < -0.39 is 0 Å². The summed E-state index contributed by atoms with van der Waals surface area (Å²) in [6.45, 7) is 0.700. The highest BCUT2D eigenvalue weighted by atomic mass is 79.9. The number of hydrogen-bond acceptors (Lipinski definition) is 3. The molecular weight excluding hydrogens is 384 g/mol. The van der Waals surface area contributed by atoms with Crippen LogP contribution in [0.15, 0.2) is 21.2 Å². The maximum absolute atomic E-state index is 12.0. The Morgan fingerprint density at radius 1 is 1.08 bits per heavy atom. The van der Waals surface area contributed by atoms with Crippen molar-refractivity contribution >= 4 is 27.7 Å². The molecule has 0 spiro atoms. The third kappa shape index (κ3) is 3.78. The van der Waals surface area contributed by atoms with E-state index in [1.54, 1.807) is 12.1 Å². The summed E-state index contributed by atoms with van der Waals surface area (Å²) in [5.41, 5.74) is 0.478. The molecule has 25 heavy (non-hydrogen) atoms. The van der Waals surface area contributed by atoms with E-state index in [0.717, 1.165) is 24.2 Å². The highest BCUT2D eigenvalue weighted by molar-refractivity contribution is 9.10. The molecule has 0 saturated heterocycles. The minimum atomic E-state index is -0.373. The van der Waals surface area contributed by atoms with Gasteiger partial charge in [-0.1, -0.05) is 0 Å².